The van der Waals surface area contributed by atoms with Gasteiger partial charge in [-0.1, -0.05) is 29.8 Å². The fourth-order valence-electron chi connectivity index (χ4n) is 2.48. The maximum absolute atomic E-state index is 12.4. The molecule has 0 bridgehead atoms. The molecular formula is C18H17N3O3. The minimum Gasteiger partial charge on any atom is -0.326 e. The highest BCUT2D eigenvalue weighted by Crippen LogP contribution is 2.09. The fraction of sp³-hybridized carbons (Fsp3) is 0.167. The number of amides is 1. The molecule has 3 rings (SSSR count). The van der Waals surface area contributed by atoms with Crippen LogP contribution in [0.4, 0.5) is 5.69 Å². The molecule has 0 unspecified atom stereocenters. The molecule has 6 heteroatoms. The van der Waals surface area contributed by atoms with Crippen LogP contribution in [-0.4, -0.2) is 15.7 Å². The Morgan fingerprint density at radius 3 is 2.42 bits per heavy atom. The number of hydrogen-bond donors (Lipinski definition) is 2. The molecule has 24 heavy (non-hydrogen) atoms. The number of carbonyl (C=O) groups is 1. The highest BCUT2D eigenvalue weighted by molar-refractivity contribution is 5.90. The van der Waals surface area contributed by atoms with E-state index in [9.17, 15) is 14.4 Å². The summed E-state index contributed by atoms with van der Waals surface area (Å²) in [4.78, 5) is 36.4. The Kier molecular flexibility index (Phi) is 4.29. The zero-order chi connectivity index (χ0) is 17.1. The van der Waals surface area contributed by atoms with Gasteiger partial charge in [0.05, 0.1) is 17.3 Å². The summed E-state index contributed by atoms with van der Waals surface area (Å²) in [6.45, 7) is 2.07. The summed E-state index contributed by atoms with van der Waals surface area (Å²) in [6, 6.07) is 14.1. The molecule has 1 amide bonds. The number of fused-ring (bicyclic) bond motifs is 1. The van der Waals surface area contributed by atoms with Gasteiger partial charge in [0.2, 0.25) is 5.91 Å². The van der Waals surface area contributed by atoms with Crippen molar-refractivity contribution in [1.29, 1.82) is 0 Å². The van der Waals surface area contributed by atoms with Crippen LogP contribution in [0.1, 0.15) is 12.0 Å². The van der Waals surface area contributed by atoms with E-state index in [1.165, 1.54) is 4.68 Å². The summed E-state index contributed by atoms with van der Waals surface area (Å²) in [7, 11) is 0. The molecule has 0 saturated carbocycles. The maximum atomic E-state index is 12.4. The Labute approximate surface area is 137 Å². The van der Waals surface area contributed by atoms with Crippen molar-refractivity contribution in [1.82, 2.24) is 9.78 Å². The van der Waals surface area contributed by atoms with E-state index in [0.717, 1.165) is 5.56 Å². The van der Waals surface area contributed by atoms with Gasteiger partial charge < -0.3 is 5.32 Å². The third-order valence-electron chi connectivity index (χ3n) is 3.78. The summed E-state index contributed by atoms with van der Waals surface area (Å²) >= 11 is 0. The number of nitrogens with one attached hydrogen (secondary N) is 2. The second-order valence-electron chi connectivity index (χ2n) is 5.61. The summed E-state index contributed by atoms with van der Waals surface area (Å²) in [5.74, 6) is -0.222. The van der Waals surface area contributed by atoms with Crippen molar-refractivity contribution < 1.29 is 4.79 Å². The maximum Gasteiger partial charge on any atom is 0.273 e. The van der Waals surface area contributed by atoms with E-state index in [4.69, 9.17) is 0 Å². The van der Waals surface area contributed by atoms with Crippen molar-refractivity contribution in [3.05, 3.63) is 74.8 Å². The van der Waals surface area contributed by atoms with Crippen molar-refractivity contribution in [2.75, 3.05) is 5.32 Å². The SMILES string of the molecule is Cc1ccc(NC(=O)CCn2[nH]c(=O)c3ccccc3c2=O)cc1. The molecule has 0 spiro atoms. The minimum absolute atomic E-state index is 0.0854. The molecule has 0 atom stereocenters. The largest absolute Gasteiger partial charge is 0.326 e. The van der Waals surface area contributed by atoms with Gasteiger partial charge in [-0.3, -0.25) is 19.5 Å². The number of aromatic nitrogens is 2. The van der Waals surface area contributed by atoms with Crippen LogP contribution < -0.4 is 16.4 Å². The third-order valence-corrected chi connectivity index (χ3v) is 3.78. The van der Waals surface area contributed by atoms with Crippen LogP contribution in [0.5, 0.6) is 0 Å². The first-order valence-electron chi connectivity index (χ1n) is 7.63. The van der Waals surface area contributed by atoms with E-state index in [2.05, 4.69) is 10.4 Å². The lowest BCUT2D eigenvalue weighted by molar-refractivity contribution is -0.116. The van der Waals surface area contributed by atoms with E-state index < -0.39 is 0 Å². The van der Waals surface area contributed by atoms with Crippen LogP contribution in [0.25, 0.3) is 10.8 Å². The predicted molar refractivity (Wildman–Crippen MR) is 93.3 cm³/mol. The van der Waals surface area contributed by atoms with Gasteiger partial charge in [0.15, 0.2) is 0 Å². The van der Waals surface area contributed by atoms with Crippen LogP contribution in [0.3, 0.4) is 0 Å². The van der Waals surface area contributed by atoms with E-state index in [-0.39, 0.29) is 30.0 Å². The number of hydrogen-bond acceptors (Lipinski definition) is 3. The van der Waals surface area contributed by atoms with Crippen LogP contribution in [0.15, 0.2) is 58.1 Å². The van der Waals surface area contributed by atoms with Crippen LogP contribution in [0, 0.1) is 6.92 Å². The Morgan fingerprint density at radius 1 is 1.04 bits per heavy atom. The zero-order valence-electron chi connectivity index (χ0n) is 13.2. The molecule has 122 valence electrons. The monoisotopic (exact) mass is 323 g/mol. The Balaban J connectivity index is 1.75. The normalized spacial score (nSPS) is 10.7. The number of benzene rings is 2. The average molecular weight is 323 g/mol. The molecule has 0 aliphatic carbocycles. The van der Waals surface area contributed by atoms with Gasteiger partial charge in [-0.05, 0) is 31.2 Å². The first-order valence-corrected chi connectivity index (χ1v) is 7.63. The Bertz CT molecular complexity index is 1000. The quantitative estimate of drug-likeness (QED) is 0.770. The zero-order valence-corrected chi connectivity index (χ0v) is 13.2. The molecule has 0 radical (unpaired) electrons. The number of nitrogens with zero attached hydrogens (tertiary/aromatic N) is 1. The van der Waals surface area contributed by atoms with Crippen molar-refractivity contribution in [3.8, 4) is 0 Å². The lowest BCUT2D eigenvalue weighted by Crippen LogP contribution is -2.31. The van der Waals surface area contributed by atoms with Crippen molar-refractivity contribution in [3.63, 3.8) is 0 Å². The van der Waals surface area contributed by atoms with E-state index in [0.29, 0.717) is 16.5 Å². The number of H-pyrrole nitrogens is 1. The van der Waals surface area contributed by atoms with Crippen LogP contribution in [-0.2, 0) is 11.3 Å². The van der Waals surface area contributed by atoms with E-state index in [1.54, 1.807) is 24.3 Å². The molecule has 0 fully saturated rings. The number of rotatable bonds is 4. The molecule has 0 saturated heterocycles. The molecule has 0 aliphatic heterocycles. The van der Waals surface area contributed by atoms with E-state index >= 15 is 0 Å². The van der Waals surface area contributed by atoms with Crippen LogP contribution in [0.2, 0.25) is 0 Å². The third kappa shape index (κ3) is 3.27. The molecule has 6 nitrogen and oxygen atoms in total. The summed E-state index contributed by atoms with van der Waals surface area (Å²) < 4.78 is 1.18. The Morgan fingerprint density at radius 2 is 1.71 bits per heavy atom. The first-order chi connectivity index (χ1) is 11.5. The number of anilines is 1. The Hall–Kier alpha value is -3.15. The summed E-state index contributed by atoms with van der Waals surface area (Å²) in [5, 5.41) is 5.98. The van der Waals surface area contributed by atoms with Gasteiger partial charge in [0.1, 0.15) is 0 Å². The average Bonchev–Trinajstić information content (AvgIpc) is 2.59. The summed E-state index contributed by atoms with van der Waals surface area (Å²) in [5.41, 5.74) is 1.15. The van der Waals surface area contributed by atoms with Crippen molar-refractivity contribution in [2.24, 2.45) is 0 Å². The highest BCUT2D eigenvalue weighted by atomic mass is 16.2. The highest BCUT2D eigenvalue weighted by Gasteiger charge is 2.08. The topological polar surface area (TPSA) is 84.0 Å². The molecular weight excluding hydrogens is 306 g/mol. The number of aromatic amines is 1. The lowest BCUT2D eigenvalue weighted by Gasteiger charge is -2.08. The van der Waals surface area contributed by atoms with Gasteiger partial charge in [-0.2, -0.15) is 0 Å². The molecule has 1 aromatic heterocycles. The number of carbonyl (C=O) groups excluding carboxylic acids is 1. The standard InChI is InChI=1S/C18H17N3O3/c1-12-6-8-13(9-7-12)19-16(22)10-11-21-18(24)15-5-3-2-4-14(15)17(23)20-21/h2-9H,10-11H2,1H3,(H,19,22)(H,20,23). The van der Waals surface area contributed by atoms with Gasteiger partial charge in [-0.25, -0.2) is 4.68 Å². The summed E-state index contributed by atoms with van der Waals surface area (Å²) in [6.07, 6.45) is 0.0854. The van der Waals surface area contributed by atoms with Crippen molar-refractivity contribution >= 4 is 22.4 Å². The number of aryl methyl sites for hydroxylation is 2. The van der Waals surface area contributed by atoms with Crippen LogP contribution >= 0.6 is 0 Å². The molecule has 2 N–H and O–H groups in total. The van der Waals surface area contributed by atoms with Gasteiger partial charge >= 0.3 is 0 Å². The second-order valence-corrected chi connectivity index (χ2v) is 5.61. The predicted octanol–water partition coefficient (Wildman–Crippen LogP) is 2.03. The van der Waals surface area contributed by atoms with Gasteiger partial charge in [0, 0.05) is 12.1 Å². The van der Waals surface area contributed by atoms with Gasteiger partial charge in [-0.15, -0.1) is 0 Å². The molecule has 2 aromatic carbocycles. The van der Waals surface area contributed by atoms with Crippen molar-refractivity contribution in [2.45, 2.75) is 19.9 Å². The van der Waals surface area contributed by atoms with Gasteiger partial charge in [0.25, 0.3) is 11.1 Å². The minimum atomic E-state index is -0.343. The molecule has 3 aromatic rings. The molecule has 1 heterocycles. The smallest absolute Gasteiger partial charge is 0.273 e. The lowest BCUT2D eigenvalue weighted by atomic mass is 10.2. The first kappa shape index (κ1) is 15.7. The second kappa shape index (κ2) is 6.54. The fourth-order valence-corrected chi connectivity index (χ4v) is 2.48. The molecule has 0 aliphatic rings. The van der Waals surface area contributed by atoms with E-state index in [1.807, 2.05) is 31.2 Å².